The fraction of sp³-hybridized carbons (Fsp3) is 0.867. The Morgan fingerprint density at radius 2 is 2.00 bits per heavy atom. The number of amides is 1. The average Bonchev–Trinajstić information content (AvgIpc) is 2.23. The minimum atomic E-state index is -0.421. The van der Waals surface area contributed by atoms with Crippen LogP contribution in [0.3, 0.4) is 0 Å². The molecule has 0 heterocycles. The van der Waals surface area contributed by atoms with Gasteiger partial charge < -0.3 is 15.0 Å². The van der Waals surface area contributed by atoms with Crippen molar-refractivity contribution < 1.29 is 9.53 Å². The molecular formula is C15H29N2O2-. The summed E-state index contributed by atoms with van der Waals surface area (Å²) in [5.74, 6) is 1.29. The second-order valence-corrected chi connectivity index (χ2v) is 6.82. The van der Waals surface area contributed by atoms with Crippen molar-refractivity contribution in [2.24, 2.45) is 11.8 Å². The van der Waals surface area contributed by atoms with E-state index < -0.39 is 5.60 Å². The predicted octanol–water partition coefficient (Wildman–Crippen LogP) is 3.04. The van der Waals surface area contributed by atoms with Crippen molar-refractivity contribution in [2.45, 2.75) is 52.1 Å². The summed E-state index contributed by atoms with van der Waals surface area (Å²) < 4.78 is 5.25. The van der Waals surface area contributed by atoms with Gasteiger partial charge in [-0.25, -0.2) is 4.79 Å². The first-order valence-electron chi connectivity index (χ1n) is 7.25. The lowest BCUT2D eigenvalue weighted by Gasteiger charge is -2.33. The van der Waals surface area contributed by atoms with Crippen LogP contribution in [-0.4, -0.2) is 36.7 Å². The Kier molecular flexibility index (Phi) is 6.11. The number of nitrogens with one attached hydrogen (secondary N) is 1. The van der Waals surface area contributed by atoms with E-state index >= 15 is 0 Å². The molecule has 1 aliphatic carbocycles. The SMILES string of the molecule is [CH2-]N(C)C[C@@H]1CCC[C@H](CNC(=O)OC(C)(C)C)C1. The monoisotopic (exact) mass is 269 g/mol. The van der Waals surface area contributed by atoms with Crippen LogP contribution in [0, 0.1) is 18.9 Å². The first-order valence-corrected chi connectivity index (χ1v) is 7.25. The fourth-order valence-electron chi connectivity index (χ4n) is 2.74. The van der Waals surface area contributed by atoms with Gasteiger partial charge in [0.05, 0.1) is 0 Å². The van der Waals surface area contributed by atoms with E-state index in [1.807, 2.05) is 32.7 Å². The quantitative estimate of drug-likeness (QED) is 0.798. The van der Waals surface area contributed by atoms with Crippen molar-refractivity contribution in [3.63, 3.8) is 0 Å². The van der Waals surface area contributed by atoms with Crippen LogP contribution in [0.5, 0.6) is 0 Å². The molecule has 1 rings (SSSR count). The molecule has 0 aromatic carbocycles. The van der Waals surface area contributed by atoms with Crippen molar-refractivity contribution in [1.82, 2.24) is 10.2 Å². The van der Waals surface area contributed by atoms with E-state index in [9.17, 15) is 4.79 Å². The average molecular weight is 269 g/mol. The van der Waals surface area contributed by atoms with Gasteiger partial charge in [-0.3, -0.25) is 7.05 Å². The molecule has 0 bridgehead atoms. The molecular weight excluding hydrogens is 240 g/mol. The number of ether oxygens (including phenoxy) is 1. The van der Waals surface area contributed by atoms with Crippen molar-refractivity contribution in [1.29, 1.82) is 0 Å². The third-order valence-corrected chi connectivity index (χ3v) is 3.40. The minimum absolute atomic E-state index is 0.302. The van der Waals surface area contributed by atoms with E-state index in [1.165, 1.54) is 25.7 Å². The Balaban J connectivity index is 2.27. The largest absolute Gasteiger partial charge is 0.462 e. The van der Waals surface area contributed by atoms with Crippen molar-refractivity contribution in [3.8, 4) is 0 Å². The topological polar surface area (TPSA) is 41.6 Å². The van der Waals surface area contributed by atoms with E-state index in [4.69, 9.17) is 4.74 Å². The number of rotatable bonds is 4. The van der Waals surface area contributed by atoms with Crippen LogP contribution in [0.25, 0.3) is 0 Å². The summed E-state index contributed by atoms with van der Waals surface area (Å²) in [6.45, 7) is 7.42. The molecule has 0 spiro atoms. The van der Waals surface area contributed by atoms with Gasteiger partial charge in [0, 0.05) is 6.54 Å². The van der Waals surface area contributed by atoms with Gasteiger partial charge >= 0.3 is 6.09 Å². The molecule has 0 unspecified atom stereocenters. The van der Waals surface area contributed by atoms with E-state index in [0.717, 1.165) is 13.1 Å². The van der Waals surface area contributed by atoms with Crippen LogP contribution in [0.4, 0.5) is 4.79 Å². The number of alkyl carbamates (subject to hydrolysis) is 1. The van der Waals surface area contributed by atoms with E-state index in [0.29, 0.717) is 11.8 Å². The molecule has 0 aromatic heterocycles. The molecule has 0 radical (unpaired) electrons. The highest BCUT2D eigenvalue weighted by molar-refractivity contribution is 5.67. The van der Waals surface area contributed by atoms with Gasteiger partial charge in [-0.15, -0.1) is 0 Å². The molecule has 4 heteroatoms. The molecule has 0 aromatic rings. The number of nitrogens with zero attached hydrogens (tertiary/aromatic N) is 1. The summed E-state index contributed by atoms with van der Waals surface area (Å²) in [5, 5.41) is 2.89. The molecule has 0 aliphatic heterocycles. The first kappa shape index (κ1) is 16.3. The Labute approximate surface area is 117 Å². The van der Waals surface area contributed by atoms with Crippen LogP contribution < -0.4 is 5.32 Å². The van der Waals surface area contributed by atoms with Crippen molar-refractivity contribution in [3.05, 3.63) is 7.05 Å². The molecule has 112 valence electrons. The third-order valence-electron chi connectivity index (χ3n) is 3.40. The maximum absolute atomic E-state index is 11.6. The zero-order valence-electron chi connectivity index (χ0n) is 12.9. The summed E-state index contributed by atoms with van der Waals surface area (Å²) in [6, 6.07) is 0. The van der Waals surface area contributed by atoms with Gasteiger partial charge in [0.2, 0.25) is 0 Å². The Bertz CT molecular complexity index is 284. The maximum atomic E-state index is 11.6. The lowest BCUT2D eigenvalue weighted by atomic mass is 9.81. The second kappa shape index (κ2) is 7.13. The van der Waals surface area contributed by atoms with Gasteiger partial charge in [-0.1, -0.05) is 6.42 Å². The van der Waals surface area contributed by atoms with E-state index in [-0.39, 0.29) is 6.09 Å². The van der Waals surface area contributed by atoms with Gasteiger partial charge in [0.1, 0.15) is 5.60 Å². The summed E-state index contributed by atoms with van der Waals surface area (Å²) in [6.07, 6.45) is 4.61. The highest BCUT2D eigenvalue weighted by Gasteiger charge is 2.23. The molecule has 1 amide bonds. The lowest BCUT2D eigenvalue weighted by molar-refractivity contribution is 0.0511. The summed E-state index contributed by atoms with van der Waals surface area (Å²) in [7, 11) is 5.93. The smallest absolute Gasteiger partial charge is 0.407 e. The van der Waals surface area contributed by atoms with Crippen molar-refractivity contribution in [2.75, 3.05) is 20.1 Å². The number of hydrogen-bond donors (Lipinski definition) is 1. The second-order valence-electron chi connectivity index (χ2n) is 6.82. The van der Waals surface area contributed by atoms with Gasteiger partial charge in [0.25, 0.3) is 0 Å². The Morgan fingerprint density at radius 1 is 1.37 bits per heavy atom. The van der Waals surface area contributed by atoms with Crippen LogP contribution in [0.1, 0.15) is 46.5 Å². The Morgan fingerprint density at radius 3 is 2.58 bits per heavy atom. The highest BCUT2D eigenvalue weighted by Crippen LogP contribution is 2.29. The van der Waals surface area contributed by atoms with Gasteiger partial charge in [-0.2, -0.15) is 0 Å². The van der Waals surface area contributed by atoms with Gasteiger partial charge in [0.15, 0.2) is 0 Å². The molecule has 1 saturated carbocycles. The molecule has 19 heavy (non-hydrogen) atoms. The van der Waals surface area contributed by atoms with Gasteiger partial charge in [-0.05, 0) is 65.5 Å². The van der Waals surface area contributed by atoms with E-state index in [1.54, 1.807) is 0 Å². The molecule has 1 fully saturated rings. The number of carbonyl (C=O) groups is 1. The predicted molar refractivity (Wildman–Crippen MR) is 77.7 cm³/mol. The fourth-order valence-corrected chi connectivity index (χ4v) is 2.74. The maximum Gasteiger partial charge on any atom is 0.407 e. The zero-order valence-corrected chi connectivity index (χ0v) is 12.9. The van der Waals surface area contributed by atoms with Crippen LogP contribution in [0.15, 0.2) is 0 Å². The van der Waals surface area contributed by atoms with Crippen LogP contribution >= 0.6 is 0 Å². The molecule has 1 N–H and O–H groups in total. The third kappa shape index (κ3) is 7.41. The van der Waals surface area contributed by atoms with E-state index in [2.05, 4.69) is 12.4 Å². The van der Waals surface area contributed by atoms with Crippen molar-refractivity contribution >= 4 is 6.09 Å². The number of carbonyl (C=O) groups excluding carboxylic acids is 1. The number of hydrogen-bond acceptors (Lipinski definition) is 3. The van der Waals surface area contributed by atoms with Crippen LogP contribution in [-0.2, 0) is 4.74 Å². The zero-order chi connectivity index (χ0) is 14.5. The standard InChI is InChI=1S/C15H29N2O2/c1-15(2,3)19-14(18)16-10-12-7-6-8-13(9-12)11-17(4)5/h12-13H,4,6-11H2,1-3,5H3,(H,16,18)/q-1/t12-,13+/m0/s1. The molecule has 1 aliphatic rings. The lowest BCUT2D eigenvalue weighted by Crippen LogP contribution is -2.37. The minimum Gasteiger partial charge on any atom is -0.462 e. The first-order chi connectivity index (χ1) is 8.76. The summed E-state index contributed by atoms with van der Waals surface area (Å²) in [5.41, 5.74) is -0.421. The molecule has 4 nitrogen and oxygen atoms in total. The molecule has 2 atom stereocenters. The summed E-state index contributed by atoms with van der Waals surface area (Å²) in [4.78, 5) is 13.6. The summed E-state index contributed by atoms with van der Waals surface area (Å²) >= 11 is 0. The Hall–Kier alpha value is -0.770. The molecule has 0 saturated heterocycles. The normalized spacial score (nSPS) is 24.3. The highest BCUT2D eigenvalue weighted by atomic mass is 16.6. The van der Waals surface area contributed by atoms with Crippen LogP contribution in [0.2, 0.25) is 0 Å².